The van der Waals surface area contributed by atoms with Crippen molar-refractivity contribution in [2.45, 2.75) is 36.7 Å². The largest absolute Gasteiger partial charge is 0.327 e. The van der Waals surface area contributed by atoms with E-state index in [0.717, 1.165) is 23.7 Å². The zero-order chi connectivity index (χ0) is 10.1. The number of nitrogens with two attached hydrogens (primary N) is 1. The number of aryl methyl sites for hydroxylation is 1. The van der Waals surface area contributed by atoms with Crippen molar-refractivity contribution in [2.75, 3.05) is 0 Å². The molecule has 1 aromatic carbocycles. The van der Waals surface area contributed by atoms with Gasteiger partial charge in [0.15, 0.2) is 0 Å². The number of hydrogen-bond donors (Lipinski definition) is 1. The Kier molecular flexibility index (Phi) is 3.12. The standard InChI is InChI=1S/C12H16IN/c1-2-8-3-9-5-12(14)6-10(9)4-11(8)7-13/h3-4,12H,2,5-7,14H2,1H3. The average Bonchev–Trinajstić information content (AvgIpc) is 2.54. The Balaban J connectivity index is 2.43. The molecule has 0 radical (unpaired) electrons. The van der Waals surface area contributed by atoms with Crippen LogP contribution in [0.1, 0.15) is 29.2 Å². The molecule has 1 atom stereocenters. The second-order valence-electron chi connectivity index (χ2n) is 4.05. The minimum absolute atomic E-state index is 0.360. The fourth-order valence-electron chi connectivity index (χ4n) is 2.26. The maximum absolute atomic E-state index is 5.97. The van der Waals surface area contributed by atoms with Gasteiger partial charge < -0.3 is 5.73 Å². The molecule has 2 rings (SSSR count). The Hall–Kier alpha value is -0.0900. The van der Waals surface area contributed by atoms with Crippen LogP contribution in [0.3, 0.4) is 0 Å². The van der Waals surface area contributed by atoms with Gasteiger partial charge in [0.1, 0.15) is 0 Å². The van der Waals surface area contributed by atoms with Gasteiger partial charge in [-0.05, 0) is 41.5 Å². The van der Waals surface area contributed by atoms with Crippen molar-refractivity contribution in [1.29, 1.82) is 0 Å². The quantitative estimate of drug-likeness (QED) is 0.659. The van der Waals surface area contributed by atoms with Crippen LogP contribution in [0, 0.1) is 0 Å². The summed E-state index contributed by atoms with van der Waals surface area (Å²) in [5.41, 5.74) is 11.9. The number of benzene rings is 1. The van der Waals surface area contributed by atoms with Crippen molar-refractivity contribution in [2.24, 2.45) is 5.73 Å². The first-order valence-electron chi connectivity index (χ1n) is 5.19. The molecule has 1 nitrogen and oxygen atoms in total. The molecule has 0 bridgehead atoms. The number of alkyl halides is 1. The molecule has 1 aliphatic rings. The van der Waals surface area contributed by atoms with Crippen molar-refractivity contribution in [3.63, 3.8) is 0 Å². The van der Waals surface area contributed by atoms with Crippen LogP contribution in [0.25, 0.3) is 0 Å². The van der Waals surface area contributed by atoms with Gasteiger partial charge >= 0.3 is 0 Å². The van der Waals surface area contributed by atoms with Gasteiger partial charge in [-0.2, -0.15) is 0 Å². The Labute approximate surface area is 99.2 Å². The monoisotopic (exact) mass is 301 g/mol. The molecule has 76 valence electrons. The van der Waals surface area contributed by atoms with Gasteiger partial charge in [0.05, 0.1) is 0 Å². The van der Waals surface area contributed by atoms with E-state index in [2.05, 4.69) is 41.6 Å². The van der Waals surface area contributed by atoms with Gasteiger partial charge in [0.25, 0.3) is 0 Å². The molecule has 1 aromatic rings. The molecule has 0 aliphatic heterocycles. The molecule has 0 spiro atoms. The van der Waals surface area contributed by atoms with E-state index in [9.17, 15) is 0 Å². The van der Waals surface area contributed by atoms with Crippen molar-refractivity contribution in [3.05, 3.63) is 34.4 Å². The van der Waals surface area contributed by atoms with Crippen molar-refractivity contribution in [1.82, 2.24) is 0 Å². The number of rotatable bonds is 2. The predicted octanol–water partition coefficient (Wildman–Crippen LogP) is 2.61. The summed E-state index contributed by atoms with van der Waals surface area (Å²) in [7, 11) is 0. The molecular weight excluding hydrogens is 285 g/mol. The molecule has 1 aliphatic carbocycles. The minimum atomic E-state index is 0.360. The minimum Gasteiger partial charge on any atom is -0.327 e. The highest BCUT2D eigenvalue weighted by atomic mass is 127. The molecule has 0 aromatic heterocycles. The average molecular weight is 301 g/mol. The molecule has 2 heteroatoms. The summed E-state index contributed by atoms with van der Waals surface area (Å²) in [6, 6.07) is 5.10. The zero-order valence-electron chi connectivity index (χ0n) is 8.52. The van der Waals surface area contributed by atoms with Crippen LogP contribution < -0.4 is 5.73 Å². The lowest BCUT2D eigenvalue weighted by atomic mass is 9.99. The number of halogens is 1. The molecule has 0 saturated carbocycles. The summed E-state index contributed by atoms with van der Waals surface area (Å²) in [6.45, 7) is 2.23. The summed E-state index contributed by atoms with van der Waals surface area (Å²) >= 11 is 2.44. The van der Waals surface area contributed by atoms with Gasteiger partial charge in [-0.15, -0.1) is 0 Å². The first-order valence-corrected chi connectivity index (χ1v) is 6.72. The van der Waals surface area contributed by atoms with E-state index in [-0.39, 0.29) is 0 Å². The van der Waals surface area contributed by atoms with Crippen molar-refractivity contribution in [3.8, 4) is 0 Å². The Bertz CT molecular complexity index is 313. The summed E-state index contributed by atoms with van der Waals surface area (Å²) in [5, 5.41) is 0. The van der Waals surface area contributed by atoms with Crippen LogP contribution in [0.5, 0.6) is 0 Å². The lowest BCUT2D eigenvalue weighted by Gasteiger charge is -2.08. The smallest absolute Gasteiger partial charge is 0.0249 e. The highest BCUT2D eigenvalue weighted by Gasteiger charge is 2.19. The summed E-state index contributed by atoms with van der Waals surface area (Å²) in [5.74, 6) is 0. The predicted molar refractivity (Wildman–Crippen MR) is 68.9 cm³/mol. The summed E-state index contributed by atoms with van der Waals surface area (Å²) in [4.78, 5) is 0. The van der Waals surface area contributed by atoms with E-state index >= 15 is 0 Å². The molecule has 1 unspecified atom stereocenters. The summed E-state index contributed by atoms with van der Waals surface area (Å²) < 4.78 is 1.11. The van der Waals surface area contributed by atoms with Crippen LogP contribution in [0.15, 0.2) is 12.1 Å². The van der Waals surface area contributed by atoms with Crippen LogP contribution in [0.4, 0.5) is 0 Å². The Morgan fingerprint density at radius 3 is 2.36 bits per heavy atom. The van der Waals surface area contributed by atoms with E-state index in [4.69, 9.17) is 5.73 Å². The topological polar surface area (TPSA) is 26.0 Å². The maximum atomic E-state index is 5.97. The third-order valence-corrected chi connectivity index (χ3v) is 3.83. The highest BCUT2D eigenvalue weighted by Crippen LogP contribution is 2.26. The Morgan fingerprint density at radius 1 is 1.29 bits per heavy atom. The van der Waals surface area contributed by atoms with Crippen LogP contribution in [0.2, 0.25) is 0 Å². The third-order valence-electron chi connectivity index (χ3n) is 3.01. The first kappa shape index (κ1) is 10.4. The van der Waals surface area contributed by atoms with Gasteiger partial charge in [-0.3, -0.25) is 0 Å². The molecule has 0 saturated heterocycles. The summed E-state index contributed by atoms with van der Waals surface area (Å²) in [6.07, 6.45) is 3.29. The fraction of sp³-hybridized carbons (Fsp3) is 0.500. The van der Waals surface area contributed by atoms with Gasteiger partial charge in [0.2, 0.25) is 0 Å². The van der Waals surface area contributed by atoms with E-state index in [1.54, 1.807) is 0 Å². The second kappa shape index (κ2) is 4.19. The lowest BCUT2D eigenvalue weighted by Crippen LogP contribution is -2.18. The molecule has 0 amide bonds. The van der Waals surface area contributed by atoms with E-state index in [1.165, 1.54) is 22.3 Å². The van der Waals surface area contributed by atoms with Crippen LogP contribution in [-0.4, -0.2) is 6.04 Å². The van der Waals surface area contributed by atoms with Gasteiger partial charge in [-0.25, -0.2) is 0 Å². The highest BCUT2D eigenvalue weighted by molar-refractivity contribution is 14.1. The van der Waals surface area contributed by atoms with E-state index in [0.29, 0.717) is 6.04 Å². The van der Waals surface area contributed by atoms with Crippen molar-refractivity contribution >= 4 is 22.6 Å². The third kappa shape index (κ3) is 1.82. The van der Waals surface area contributed by atoms with Crippen molar-refractivity contribution < 1.29 is 0 Å². The normalized spacial score (nSPS) is 19.8. The molecular formula is C12H16IN. The first-order chi connectivity index (χ1) is 6.74. The van der Waals surface area contributed by atoms with E-state index in [1.807, 2.05) is 0 Å². The van der Waals surface area contributed by atoms with Gasteiger partial charge in [-0.1, -0.05) is 41.6 Å². The molecule has 0 fully saturated rings. The Morgan fingerprint density at radius 2 is 1.86 bits per heavy atom. The number of fused-ring (bicyclic) bond motifs is 1. The molecule has 0 heterocycles. The van der Waals surface area contributed by atoms with Gasteiger partial charge in [0, 0.05) is 10.5 Å². The fourth-order valence-corrected chi connectivity index (χ4v) is 2.97. The number of hydrogen-bond acceptors (Lipinski definition) is 1. The maximum Gasteiger partial charge on any atom is 0.0249 e. The SMILES string of the molecule is CCc1cc2c(cc1CI)CC(N)C2. The molecule has 2 N–H and O–H groups in total. The zero-order valence-corrected chi connectivity index (χ0v) is 10.7. The van der Waals surface area contributed by atoms with E-state index < -0.39 is 0 Å². The second-order valence-corrected chi connectivity index (χ2v) is 4.81. The lowest BCUT2D eigenvalue weighted by molar-refractivity contribution is 0.721. The van der Waals surface area contributed by atoms with Crippen LogP contribution in [-0.2, 0) is 23.7 Å². The van der Waals surface area contributed by atoms with Crippen LogP contribution >= 0.6 is 22.6 Å². The molecule has 14 heavy (non-hydrogen) atoms.